The lowest BCUT2D eigenvalue weighted by Crippen LogP contribution is -2.71. The highest BCUT2D eigenvalue weighted by Gasteiger charge is 2.54. The average Bonchev–Trinajstić information content (AvgIpc) is 3.26. The Morgan fingerprint density at radius 2 is 0.500 bits per heavy atom. The van der Waals surface area contributed by atoms with Gasteiger partial charge in [-0.3, -0.25) is 0 Å². The second-order valence-electron chi connectivity index (χ2n) is 18.5. The summed E-state index contributed by atoms with van der Waals surface area (Å²) in [5, 5.41) is 0. The lowest BCUT2D eigenvalue weighted by Gasteiger charge is -2.52. The van der Waals surface area contributed by atoms with Crippen molar-refractivity contribution in [2.45, 2.75) is 57.8 Å². The Kier molecular flexibility index (Phi) is 7.49. The van der Waals surface area contributed by atoms with E-state index in [9.17, 15) is 0 Å². The molecule has 0 radical (unpaired) electrons. The monoisotopic (exact) mass is 742 g/mol. The van der Waals surface area contributed by atoms with Crippen LogP contribution >= 0.6 is 0 Å². The molecule has 0 saturated carbocycles. The van der Waals surface area contributed by atoms with Crippen LogP contribution in [0.1, 0.15) is 74.9 Å². The van der Waals surface area contributed by atoms with Crippen LogP contribution in [0.3, 0.4) is 0 Å². The largest absolute Gasteiger partial charge is 0.243 e. The van der Waals surface area contributed by atoms with Gasteiger partial charge < -0.3 is 0 Å². The van der Waals surface area contributed by atoms with Crippen LogP contribution in [-0.4, -0.2) is 6.71 Å². The molecule has 58 heavy (non-hydrogen) atoms. The molecule has 0 aromatic heterocycles. The van der Waals surface area contributed by atoms with E-state index >= 15 is 0 Å². The van der Waals surface area contributed by atoms with E-state index in [1.54, 1.807) is 16.4 Å². The van der Waals surface area contributed by atoms with Crippen molar-refractivity contribution in [1.29, 1.82) is 0 Å². The topological polar surface area (TPSA) is 0 Å². The molecule has 278 valence electrons. The van der Waals surface area contributed by atoms with Crippen molar-refractivity contribution in [1.82, 2.24) is 0 Å². The van der Waals surface area contributed by atoms with E-state index in [1.165, 1.54) is 89.0 Å². The van der Waals surface area contributed by atoms with Gasteiger partial charge in [-0.15, -0.1) is 0 Å². The standard InChI is InChI=1S/C57H47B/c1-55(2)46-19-13-21-48-52(46)58-53-47(55)20-14-22-49(53)57(5,6)51-35-45(34-50(54(51)58)56(48,3)4)41-29-25-39(26-30-41)38-23-27-40(28-24-38)44-32-42(36-15-9-7-10-16-36)31-43(33-44)37-17-11-8-12-18-37/h7-35H,1-6H3. The Morgan fingerprint density at radius 1 is 0.241 bits per heavy atom. The summed E-state index contributed by atoms with van der Waals surface area (Å²) in [4.78, 5) is 0. The van der Waals surface area contributed by atoms with Crippen molar-refractivity contribution in [2.75, 3.05) is 0 Å². The molecule has 0 aliphatic carbocycles. The van der Waals surface area contributed by atoms with Gasteiger partial charge in [0.05, 0.1) is 0 Å². The molecule has 0 amide bonds. The zero-order chi connectivity index (χ0) is 39.6. The summed E-state index contributed by atoms with van der Waals surface area (Å²) < 4.78 is 0. The molecule has 8 aromatic carbocycles. The summed E-state index contributed by atoms with van der Waals surface area (Å²) in [5.41, 5.74) is 25.7. The highest BCUT2D eigenvalue weighted by molar-refractivity contribution is 6.98. The molecule has 11 rings (SSSR count). The van der Waals surface area contributed by atoms with Crippen molar-refractivity contribution in [3.63, 3.8) is 0 Å². The fraction of sp³-hybridized carbons (Fsp3) is 0.158. The molecule has 0 unspecified atom stereocenters. The molecule has 3 heterocycles. The number of rotatable bonds is 5. The zero-order valence-electron chi connectivity index (χ0n) is 34.3. The molecular formula is C57H47B. The maximum Gasteiger partial charge on any atom is 0.243 e. The van der Waals surface area contributed by atoms with E-state index in [0.29, 0.717) is 0 Å². The minimum atomic E-state index is -0.123. The normalized spacial score (nSPS) is 15.8. The molecule has 1 heteroatoms. The number of hydrogen-bond donors (Lipinski definition) is 0. The molecule has 3 aliphatic heterocycles. The van der Waals surface area contributed by atoms with Gasteiger partial charge in [0.25, 0.3) is 0 Å². The van der Waals surface area contributed by atoms with Gasteiger partial charge in [-0.25, -0.2) is 0 Å². The summed E-state index contributed by atoms with van der Waals surface area (Å²) >= 11 is 0. The fourth-order valence-corrected chi connectivity index (χ4v) is 11.1. The average molecular weight is 743 g/mol. The van der Waals surface area contributed by atoms with Crippen LogP contribution < -0.4 is 16.4 Å². The van der Waals surface area contributed by atoms with E-state index in [2.05, 4.69) is 217 Å². The second-order valence-corrected chi connectivity index (χ2v) is 18.5. The maximum atomic E-state index is 2.54. The van der Waals surface area contributed by atoms with Gasteiger partial charge in [-0.1, -0.05) is 216 Å². The van der Waals surface area contributed by atoms with E-state index in [4.69, 9.17) is 0 Å². The first-order chi connectivity index (χ1) is 28.0. The van der Waals surface area contributed by atoms with Crippen molar-refractivity contribution in [2.24, 2.45) is 0 Å². The molecule has 3 aliphatic rings. The molecule has 0 atom stereocenters. The highest BCUT2D eigenvalue weighted by Crippen LogP contribution is 2.47. The van der Waals surface area contributed by atoms with Gasteiger partial charge in [0, 0.05) is 16.2 Å². The van der Waals surface area contributed by atoms with Crippen LogP contribution in [0.25, 0.3) is 55.6 Å². The van der Waals surface area contributed by atoms with Crippen LogP contribution in [0.4, 0.5) is 0 Å². The zero-order valence-corrected chi connectivity index (χ0v) is 34.3. The van der Waals surface area contributed by atoms with Crippen molar-refractivity contribution in [3.8, 4) is 55.6 Å². The maximum absolute atomic E-state index is 2.54. The van der Waals surface area contributed by atoms with Gasteiger partial charge in [-0.05, 0) is 107 Å². The highest BCUT2D eigenvalue weighted by atomic mass is 14.5. The summed E-state index contributed by atoms with van der Waals surface area (Å²) in [7, 11) is 0. The number of benzene rings is 8. The van der Waals surface area contributed by atoms with E-state index < -0.39 is 0 Å². The lowest BCUT2D eigenvalue weighted by molar-refractivity contribution is 0.599. The van der Waals surface area contributed by atoms with Crippen LogP contribution in [0, 0.1) is 0 Å². The third-order valence-electron chi connectivity index (χ3n) is 14.2. The summed E-state index contributed by atoms with van der Waals surface area (Å²) in [6.07, 6.45) is 0. The lowest BCUT2D eigenvalue weighted by atomic mass is 9.23. The van der Waals surface area contributed by atoms with Gasteiger partial charge in [0.1, 0.15) is 0 Å². The van der Waals surface area contributed by atoms with Crippen molar-refractivity contribution in [3.05, 3.63) is 209 Å². The van der Waals surface area contributed by atoms with Gasteiger partial charge in [0.2, 0.25) is 6.71 Å². The first-order valence-electron chi connectivity index (χ1n) is 21.0. The summed E-state index contributed by atoms with van der Waals surface area (Å²) in [6.45, 7) is 15.0. The molecule has 0 bridgehead atoms. The Hall–Kier alpha value is -6.18. The van der Waals surface area contributed by atoms with E-state index in [0.717, 1.165) is 0 Å². The molecule has 0 spiro atoms. The van der Waals surface area contributed by atoms with Crippen LogP contribution in [0.15, 0.2) is 176 Å². The van der Waals surface area contributed by atoms with E-state index in [-0.39, 0.29) is 23.0 Å². The van der Waals surface area contributed by atoms with Crippen molar-refractivity contribution < 1.29 is 0 Å². The van der Waals surface area contributed by atoms with Crippen LogP contribution in [0.2, 0.25) is 0 Å². The van der Waals surface area contributed by atoms with Gasteiger partial charge >= 0.3 is 0 Å². The third kappa shape index (κ3) is 5.02. The predicted octanol–water partition coefficient (Wildman–Crippen LogP) is 12.5. The fourth-order valence-electron chi connectivity index (χ4n) is 11.1. The predicted molar refractivity (Wildman–Crippen MR) is 248 cm³/mol. The van der Waals surface area contributed by atoms with Crippen LogP contribution in [-0.2, 0) is 16.2 Å². The third-order valence-corrected chi connectivity index (χ3v) is 14.2. The molecule has 0 fully saturated rings. The number of hydrogen-bond acceptors (Lipinski definition) is 0. The quantitative estimate of drug-likeness (QED) is 0.154. The summed E-state index contributed by atoms with van der Waals surface area (Å²) in [6, 6.07) is 66.1. The Balaban J connectivity index is 0.972. The Bertz CT molecular complexity index is 2780. The van der Waals surface area contributed by atoms with E-state index in [1.807, 2.05) is 0 Å². The Labute approximate surface area is 344 Å². The second kappa shape index (κ2) is 12.4. The molecule has 0 saturated heterocycles. The first-order valence-corrected chi connectivity index (χ1v) is 21.0. The first kappa shape index (κ1) is 35.0. The smallest absolute Gasteiger partial charge is 0.0622 e. The molecule has 8 aromatic rings. The van der Waals surface area contributed by atoms with Gasteiger partial charge in [0.15, 0.2) is 0 Å². The Morgan fingerprint density at radius 3 is 0.845 bits per heavy atom. The van der Waals surface area contributed by atoms with Crippen molar-refractivity contribution >= 4 is 23.1 Å². The van der Waals surface area contributed by atoms with Crippen LogP contribution in [0.5, 0.6) is 0 Å². The molecular weight excluding hydrogens is 695 g/mol. The van der Waals surface area contributed by atoms with Gasteiger partial charge in [-0.2, -0.15) is 0 Å². The molecule has 0 nitrogen and oxygen atoms in total. The minimum absolute atomic E-state index is 0.0459. The SMILES string of the molecule is CC1(C)c2cccc3c2B2c4c1cccc4C(C)(C)c1cc(-c4ccc(-c5ccc(-c6cc(-c7ccccc7)cc(-c7ccccc7)c6)cc5)cc4)cc(c12)C3(C)C. The summed E-state index contributed by atoms with van der Waals surface area (Å²) in [5.74, 6) is 0. The molecule has 0 N–H and O–H groups in total. The minimum Gasteiger partial charge on any atom is -0.0622 e.